The van der Waals surface area contributed by atoms with Crippen LogP contribution < -0.4 is 17.2 Å². The summed E-state index contributed by atoms with van der Waals surface area (Å²) in [5, 5.41) is 0. The van der Waals surface area contributed by atoms with Crippen molar-refractivity contribution < 1.29 is 9.59 Å². The number of rotatable bonds is 5. The van der Waals surface area contributed by atoms with Crippen molar-refractivity contribution >= 4 is 11.8 Å². The van der Waals surface area contributed by atoms with Crippen LogP contribution in [-0.2, 0) is 4.79 Å². The number of nitrogens with two attached hydrogens (primary N) is 3. The summed E-state index contributed by atoms with van der Waals surface area (Å²) in [6.07, 6.45) is 0.0620. The lowest BCUT2D eigenvalue weighted by Crippen LogP contribution is -2.21. The number of primary amides is 2. The van der Waals surface area contributed by atoms with Gasteiger partial charge in [-0.2, -0.15) is 0 Å². The Morgan fingerprint density at radius 3 is 2.38 bits per heavy atom. The van der Waals surface area contributed by atoms with E-state index in [1.165, 1.54) is 0 Å². The number of amides is 2. The Balaban J connectivity index is 2.47. The quantitative estimate of drug-likeness (QED) is 0.769. The molecule has 2 amide bonds. The van der Waals surface area contributed by atoms with E-state index in [9.17, 15) is 9.59 Å². The van der Waals surface area contributed by atoms with Crippen molar-refractivity contribution in [3.63, 3.8) is 0 Å². The number of hydrogen-bond donors (Lipinski definition) is 3. The van der Waals surface area contributed by atoms with Crippen LogP contribution in [0.3, 0.4) is 0 Å². The van der Waals surface area contributed by atoms with Gasteiger partial charge in [0.2, 0.25) is 11.8 Å². The van der Waals surface area contributed by atoms with E-state index in [1.807, 2.05) is 30.3 Å². The third-order valence-corrected chi connectivity index (χ3v) is 3.24. The second-order valence-electron chi connectivity index (χ2n) is 4.81. The molecule has 0 fully saturated rings. The molecular weight excluding hydrogens is 266 g/mol. The normalized spacial score (nSPS) is 11.9. The van der Waals surface area contributed by atoms with Gasteiger partial charge < -0.3 is 17.2 Å². The summed E-state index contributed by atoms with van der Waals surface area (Å²) in [5.41, 5.74) is 19.4. The molecule has 6 N–H and O–H groups in total. The summed E-state index contributed by atoms with van der Waals surface area (Å²) >= 11 is 0. The maximum absolute atomic E-state index is 11.3. The van der Waals surface area contributed by atoms with Crippen molar-refractivity contribution in [2.24, 2.45) is 17.2 Å². The molecule has 2 aromatic rings. The first-order valence-electron chi connectivity index (χ1n) is 6.52. The second kappa shape index (κ2) is 6.19. The molecule has 0 aliphatic carbocycles. The molecule has 0 bridgehead atoms. The predicted molar refractivity (Wildman–Crippen MR) is 81.1 cm³/mol. The number of carbonyl (C=O) groups is 2. The minimum Gasteiger partial charge on any atom is -0.370 e. The van der Waals surface area contributed by atoms with E-state index in [1.54, 1.807) is 18.2 Å². The summed E-state index contributed by atoms with van der Waals surface area (Å²) in [6, 6.07) is 13.9. The first kappa shape index (κ1) is 14.7. The molecule has 2 rings (SSSR count). The highest BCUT2D eigenvalue weighted by Crippen LogP contribution is 2.29. The van der Waals surface area contributed by atoms with E-state index in [-0.39, 0.29) is 6.42 Å². The smallest absolute Gasteiger partial charge is 0.248 e. The van der Waals surface area contributed by atoms with Crippen molar-refractivity contribution in [2.75, 3.05) is 0 Å². The van der Waals surface area contributed by atoms with Crippen LogP contribution in [0, 0.1) is 0 Å². The van der Waals surface area contributed by atoms with Crippen molar-refractivity contribution in [1.82, 2.24) is 0 Å². The SMILES string of the molecule is NC(=O)CC(N)c1ccccc1-c1cccc(C(N)=O)c1. The minimum atomic E-state index is -0.490. The van der Waals surface area contributed by atoms with Crippen molar-refractivity contribution in [3.05, 3.63) is 59.7 Å². The molecule has 0 radical (unpaired) electrons. The Kier molecular flexibility index (Phi) is 4.35. The summed E-state index contributed by atoms with van der Waals surface area (Å²) < 4.78 is 0. The third kappa shape index (κ3) is 3.46. The summed E-state index contributed by atoms with van der Waals surface area (Å²) in [6.45, 7) is 0. The van der Waals surface area contributed by atoms with Crippen LogP contribution >= 0.6 is 0 Å². The Morgan fingerprint density at radius 2 is 1.71 bits per heavy atom. The van der Waals surface area contributed by atoms with Crippen LogP contribution in [0.15, 0.2) is 48.5 Å². The predicted octanol–water partition coefficient (Wildman–Crippen LogP) is 1.33. The average molecular weight is 283 g/mol. The zero-order valence-electron chi connectivity index (χ0n) is 11.5. The van der Waals surface area contributed by atoms with Crippen LogP contribution in [0.25, 0.3) is 11.1 Å². The van der Waals surface area contributed by atoms with Crippen LogP contribution in [0.1, 0.15) is 28.4 Å². The zero-order valence-corrected chi connectivity index (χ0v) is 11.5. The maximum atomic E-state index is 11.3. The zero-order chi connectivity index (χ0) is 15.4. The molecule has 5 heteroatoms. The van der Waals surface area contributed by atoms with E-state index in [0.29, 0.717) is 5.56 Å². The molecule has 0 aliphatic rings. The highest BCUT2D eigenvalue weighted by Gasteiger charge is 2.14. The van der Waals surface area contributed by atoms with Crippen LogP contribution in [-0.4, -0.2) is 11.8 Å². The minimum absolute atomic E-state index is 0.0620. The summed E-state index contributed by atoms with van der Waals surface area (Å²) in [5.74, 6) is -0.945. The molecule has 5 nitrogen and oxygen atoms in total. The average Bonchev–Trinajstić information content (AvgIpc) is 2.46. The molecule has 0 spiro atoms. The van der Waals surface area contributed by atoms with Gasteiger partial charge in [0.15, 0.2) is 0 Å². The lowest BCUT2D eigenvalue weighted by molar-refractivity contribution is -0.118. The Bertz CT molecular complexity index is 683. The summed E-state index contributed by atoms with van der Waals surface area (Å²) in [7, 11) is 0. The lowest BCUT2D eigenvalue weighted by Gasteiger charge is -2.15. The summed E-state index contributed by atoms with van der Waals surface area (Å²) in [4.78, 5) is 22.3. The third-order valence-electron chi connectivity index (χ3n) is 3.24. The second-order valence-corrected chi connectivity index (χ2v) is 4.81. The van der Waals surface area contributed by atoms with Gasteiger partial charge in [-0.1, -0.05) is 36.4 Å². The van der Waals surface area contributed by atoms with Gasteiger partial charge in [0, 0.05) is 18.0 Å². The van der Waals surface area contributed by atoms with E-state index < -0.39 is 17.9 Å². The van der Waals surface area contributed by atoms with Crippen molar-refractivity contribution in [2.45, 2.75) is 12.5 Å². The monoisotopic (exact) mass is 283 g/mol. The van der Waals surface area contributed by atoms with Gasteiger partial charge in [0.25, 0.3) is 0 Å². The van der Waals surface area contributed by atoms with Gasteiger partial charge in [0.05, 0.1) is 0 Å². The highest BCUT2D eigenvalue weighted by atomic mass is 16.1. The van der Waals surface area contributed by atoms with Crippen molar-refractivity contribution in [1.29, 1.82) is 0 Å². The molecule has 0 heterocycles. The number of benzene rings is 2. The fraction of sp³-hybridized carbons (Fsp3) is 0.125. The fourth-order valence-electron chi connectivity index (χ4n) is 2.25. The van der Waals surface area contributed by atoms with Gasteiger partial charge in [-0.3, -0.25) is 9.59 Å². The van der Waals surface area contributed by atoms with E-state index in [0.717, 1.165) is 16.7 Å². The van der Waals surface area contributed by atoms with Gasteiger partial charge in [0.1, 0.15) is 0 Å². The molecule has 21 heavy (non-hydrogen) atoms. The molecule has 0 saturated carbocycles. The van der Waals surface area contributed by atoms with Gasteiger partial charge in [-0.25, -0.2) is 0 Å². The molecule has 108 valence electrons. The van der Waals surface area contributed by atoms with Crippen molar-refractivity contribution in [3.8, 4) is 11.1 Å². The number of carbonyl (C=O) groups excluding carboxylic acids is 2. The van der Waals surface area contributed by atoms with Gasteiger partial charge in [-0.15, -0.1) is 0 Å². The Hall–Kier alpha value is -2.66. The van der Waals surface area contributed by atoms with Gasteiger partial charge >= 0.3 is 0 Å². The molecule has 0 aromatic heterocycles. The fourth-order valence-corrected chi connectivity index (χ4v) is 2.25. The molecule has 1 atom stereocenters. The van der Waals surface area contributed by atoms with Gasteiger partial charge in [-0.05, 0) is 28.8 Å². The lowest BCUT2D eigenvalue weighted by atomic mass is 9.93. The Morgan fingerprint density at radius 1 is 1.00 bits per heavy atom. The maximum Gasteiger partial charge on any atom is 0.248 e. The molecule has 0 aliphatic heterocycles. The van der Waals surface area contributed by atoms with E-state index in [4.69, 9.17) is 17.2 Å². The highest BCUT2D eigenvalue weighted by molar-refractivity contribution is 5.94. The molecule has 1 unspecified atom stereocenters. The van der Waals surface area contributed by atoms with E-state index in [2.05, 4.69) is 0 Å². The number of hydrogen-bond acceptors (Lipinski definition) is 3. The first-order chi connectivity index (χ1) is 9.99. The molecule has 2 aromatic carbocycles. The van der Waals surface area contributed by atoms with Crippen LogP contribution in [0.4, 0.5) is 0 Å². The standard InChI is InChI=1S/C16H17N3O2/c17-14(9-15(18)20)13-7-2-1-6-12(13)10-4-3-5-11(8-10)16(19)21/h1-8,14H,9,17H2,(H2,18,20)(H2,19,21). The molecule has 0 saturated heterocycles. The van der Waals surface area contributed by atoms with Crippen LogP contribution in [0.5, 0.6) is 0 Å². The Labute approximate surface area is 122 Å². The molecular formula is C16H17N3O2. The van der Waals surface area contributed by atoms with Crippen LogP contribution in [0.2, 0.25) is 0 Å². The first-order valence-corrected chi connectivity index (χ1v) is 6.52. The topological polar surface area (TPSA) is 112 Å². The largest absolute Gasteiger partial charge is 0.370 e. The van der Waals surface area contributed by atoms with E-state index >= 15 is 0 Å².